The topological polar surface area (TPSA) is 21.3 Å². The van der Waals surface area contributed by atoms with Crippen LogP contribution in [0, 0.1) is 6.92 Å². The zero-order valence-electron chi connectivity index (χ0n) is 12.1. The molecule has 0 heterocycles. The highest BCUT2D eigenvalue weighted by atomic mass is 79.9. The number of aryl methyl sites for hydroxylation is 1. The summed E-state index contributed by atoms with van der Waals surface area (Å²) >= 11 is 3.53. The first-order chi connectivity index (χ1) is 9.65. The molecule has 106 valence electrons. The van der Waals surface area contributed by atoms with Crippen LogP contribution in [0.2, 0.25) is 0 Å². The lowest BCUT2D eigenvalue weighted by Crippen LogP contribution is -2.11. The number of ether oxygens (including phenoxy) is 1. The molecule has 0 radical (unpaired) electrons. The Balaban J connectivity index is 2.26. The van der Waals surface area contributed by atoms with Gasteiger partial charge in [0.15, 0.2) is 0 Å². The summed E-state index contributed by atoms with van der Waals surface area (Å²) in [6, 6.07) is 14.7. The van der Waals surface area contributed by atoms with E-state index >= 15 is 0 Å². The third-order valence-electron chi connectivity index (χ3n) is 3.42. The van der Waals surface area contributed by atoms with Gasteiger partial charge >= 0.3 is 0 Å². The van der Waals surface area contributed by atoms with E-state index in [-0.39, 0.29) is 6.04 Å². The number of hydrogen-bond donors (Lipinski definition) is 1. The van der Waals surface area contributed by atoms with Gasteiger partial charge in [-0.1, -0.05) is 41.1 Å². The van der Waals surface area contributed by atoms with E-state index in [1.54, 1.807) is 7.11 Å². The molecule has 1 N–H and O–H groups in total. The Labute approximate surface area is 129 Å². The summed E-state index contributed by atoms with van der Waals surface area (Å²) in [6.45, 7) is 4.27. The Morgan fingerprint density at radius 1 is 1.20 bits per heavy atom. The van der Waals surface area contributed by atoms with Crippen molar-refractivity contribution in [3.05, 3.63) is 58.1 Å². The van der Waals surface area contributed by atoms with Crippen LogP contribution < -0.4 is 10.1 Å². The fourth-order valence-electron chi connectivity index (χ4n) is 2.29. The molecule has 2 rings (SSSR count). The van der Waals surface area contributed by atoms with E-state index in [1.165, 1.54) is 11.1 Å². The largest absolute Gasteiger partial charge is 0.496 e. The SMILES string of the molecule is CCC(Nc1ccc(Br)c(C)c1)c1ccccc1OC. The summed E-state index contributed by atoms with van der Waals surface area (Å²) in [5.74, 6) is 0.931. The van der Waals surface area contributed by atoms with E-state index in [4.69, 9.17) is 4.74 Å². The van der Waals surface area contributed by atoms with E-state index in [0.717, 1.165) is 22.3 Å². The molecule has 2 aromatic carbocycles. The lowest BCUT2D eigenvalue weighted by molar-refractivity contribution is 0.406. The Morgan fingerprint density at radius 3 is 2.60 bits per heavy atom. The van der Waals surface area contributed by atoms with Gasteiger partial charge in [-0.3, -0.25) is 0 Å². The van der Waals surface area contributed by atoms with Crippen LogP contribution in [0.1, 0.15) is 30.5 Å². The molecule has 2 aromatic rings. The third kappa shape index (κ3) is 3.34. The van der Waals surface area contributed by atoms with E-state index in [0.29, 0.717) is 0 Å². The number of rotatable bonds is 5. The molecular weight excluding hydrogens is 314 g/mol. The van der Waals surface area contributed by atoms with Gasteiger partial charge in [0.2, 0.25) is 0 Å². The minimum atomic E-state index is 0.242. The summed E-state index contributed by atoms with van der Waals surface area (Å²) < 4.78 is 6.59. The summed E-state index contributed by atoms with van der Waals surface area (Å²) in [5, 5.41) is 3.59. The Bertz CT molecular complexity index is 583. The number of methoxy groups -OCH3 is 1. The Kier molecular flexibility index (Phi) is 5.07. The van der Waals surface area contributed by atoms with Crippen LogP contribution in [0.15, 0.2) is 46.9 Å². The molecule has 0 aliphatic heterocycles. The van der Waals surface area contributed by atoms with Crippen molar-refractivity contribution in [3.8, 4) is 5.75 Å². The fourth-order valence-corrected chi connectivity index (χ4v) is 2.54. The molecular formula is C17H20BrNO. The smallest absolute Gasteiger partial charge is 0.124 e. The van der Waals surface area contributed by atoms with Gasteiger partial charge in [-0.2, -0.15) is 0 Å². The maximum atomic E-state index is 5.46. The van der Waals surface area contributed by atoms with Gasteiger partial charge in [0, 0.05) is 15.7 Å². The van der Waals surface area contributed by atoms with E-state index in [1.807, 2.05) is 12.1 Å². The van der Waals surface area contributed by atoms with Crippen molar-refractivity contribution in [1.29, 1.82) is 0 Å². The lowest BCUT2D eigenvalue weighted by Gasteiger charge is -2.21. The minimum Gasteiger partial charge on any atom is -0.496 e. The second kappa shape index (κ2) is 6.80. The summed E-state index contributed by atoms with van der Waals surface area (Å²) in [6.07, 6.45) is 0.996. The molecule has 1 atom stereocenters. The van der Waals surface area contributed by atoms with Crippen LogP contribution in [0.3, 0.4) is 0 Å². The number of nitrogens with one attached hydrogen (secondary N) is 1. The molecule has 20 heavy (non-hydrogen) atoms. The number of halogens is 1. The highest BCUT2D eigenvalue weighted by molar-refractivity contribution is 9.10. The predicted octanol–water partition coefficient (Wildman–Crippen LogP) is 5.33. The zero-order valence-corrected chi connectivity index (χ0v) is 13.7. The molecule has 3 heteroatoms. The number of anilines is 1. The third-order valence-corrected chi connectivity index (χ3v) is 4.31. The fraction of sp³-hybridized carbons (Fsp3) is 0.294. The molecule has 0 fully saturated rings. The van der Waals surface area contributed by atoms with E-state index in [9.17, 15) is 0 Å². The first-order valence-electron chi connectivity index (χ1n) is 6.81. The monoisotopic (exact) mass is 333 g/mol. The van der Waals surface area contributed by atoms with Crippen LogP contribution in [0.25, 0.3) is 0 Å². The molecule has 1 unspecified atom stereocenters. The van der Waals surface area contributed by atoms with Crippen LogP contribution in [-0.4, -0.2) is 7.11 Å². The molecule has 0 aliphatic carbocycles. The van der Waals surface area contributed by atoms with Crippen molar-refractivity contribution in [2.24, 2.45) is 0 Å². The first kappa shape index (κ1) is 14.9. The summed E-state index contributed by atoms with van der Waals surface area (Å²) in [4.78, 5) is 0. The van der Waals surface area contributed by atoms with Gasteiger partial charge in [0.1, 0.15) is 5.75 Å². The van der Waals surface area contributed by atoms with Crippen molar-refractivity contribution < 1.29 is 4.74 Å². The summed E-state index contributed by atoms with van der Waals surface area (Å²) in [7, 11) is 1.72. The number of hydrogen-bond acceptors (Lipinski definition) is 2. The highest BCUT2D eigenvalue weighted by Crippen LogP contribution is 2.30. The normalized spacial score (nSPS) is 12.0. The van der Waals surface area contributed by atoms with Crippen molar-refractivity contribution in [2.75, 3.05) is 12.4 Å². The lowest BCUT2D eigenvalue weighted by atomic mass is 10.0. The van der Waals surface area contributed by atoms with Gasteiger partial charge in [0.05, 0.1) is 13.2 Å². The standard InChI is InChI=1S/C17H20BrNO/c1-4-16(14-7-5-6-8-17(14)20-3)19-13-9-10-15(18)12(2)11-13/h5-11,16,19H,4H2,1-3H3. The first-order valence-corrected chi connectivity index (χ1v) is 7.60. The van der Waals surface area contributed by atoms with E-state index < -0.39 is 0 Å². The second-order valence-corrected chi connectivity index (χ2v) is 5.67. The summed E-state index contributed by atoms with van der Waals surface area (Å²) in [5.41, 5.74) is 3.55. The van der Waals surface area contributed by atoms with Crippen LogP contribution in [-0.2, 0) is 0 Å². The van der Waals surface area contributed by atoms with Gasteiger partial charge in [0.25, 0.3) is 0 Å². The molecule has 0 saturated carbocycles. The number of para-hydroxylation sites is 1. The van der Waals surface area contributed by atoms with Crippen LogP contribution in [0.4, 0.5) is 5.69 Å². The molecule has 0 aliphatic rings. The minimum absolute atomic E-state index is 0.242. The molecule has 2 nitrogen and oxygen atoms in total. The molecule has 0 aromatic heterocycles. The predicted molar refractivity (Wildman–Crippen MR) is 88.5 cm³/mol. The Hall–Kier alpha value is -1.48. The van der Waals surface area contributed by atoms with Crippen molar-refractivity contribution in [3.63, 3.8) is 0 Å². The average Bonchev–Trinajstić information content (AvgIpc) is 2.48. The maximum Gasteiger partial charge on any atom is 0.124 e. The van der Waals surface area contributed by atoms with Crippen molar-refractivity contribution in [1.82, 2.24) is 0 Å². The highest BCUT2D eigenvalue weighted by Gasteiger charge is 2.14. The quantitative estimate of drug-likeness (QED) is 0.798. The second-order valence-electron chi connectivity index (χ2n) is 4.81. The van der Waals surface area contributed by atoms with Crippen molar-refractivity contribution in [2.45, 2.75) is 26.3 Å². The zero-order chi connectivity index (χ0) is 14.5. The van der Waals surface area contributed by atoms with Crippen LogP contribution >= 0.6 is 15.9 Å². The molecule has 0 spiro atoms. The molecule has 0 amide bonds. The van der Waals surface area contributed by atoms with Crippen LogP contribution in [0.5, 0.6) is 5.75 Å². The Morgan fingerprint density at radius 2 is 1.95 bits per heavy atom. The van der Waals surface area contributed by atoms with Gasteiger partial charge in [-0.25, -0.2) is 0 Å². The van der Waals surface area contributed by atoms with E-state index in [2.05, 4.69) is 65.4 Å². The maximum absolute atomic E-state index is 5.46. The van der Waals surface area contributed by atoms with Gasteiger partial charge in [-0.15, -0.1) is 0 Å². The van der Waals surface area contributed by atoms with Gasteiger partial charge < -0.3 is 10.1 Å². The van der Waals surface area contributed by atoms with Crippen molar-refractivity contribution >= 4 is 21.6 Å². The van der Waals surface area contributed by atoms with Gasteiger partial charge in [-0.05, 0) is 43.2 Å². The molecule has 0 saturated heterocycles. The average molecular weight is 334 g/mol. The molecule has 0 bridgehead atoms. The number of benzene rings is 2.